The summed E-state index contributed by atoms with van der Waals surface area (Å²) < 4.78 is 17.2. The van der Waals surface area contributed by atoms with E-state index in [2.05, 4.69) is 16.0 Å². The quantitative estimate of drug-likeness (QED) is 0.206. The number of aliphatic hydroxyl groups is 1. The molecule has 12 heteroatoms. The van der Waals surface area contributed by atoms with E-state index in [9.17, 15) is 19.5 Å². The molecule has 4 aromatic rings. The zero-order chi connectivity index (χ0) is 33.1. The van der Waals surface area contributed by atoms with Gasteiger partial charge in [-0.15, -0.1) is 0 Å². The number of carbonyl (C=O) groups is 3. The minimum absolute atomic E-state index is 0.134. The predicted molar refractivity (Wildman–Crippen MR) is 178 cm³/mol. The molecule has 244 valence electrons. The summed E-state index contributed by atoms with van der Waals surface area (Å²) in [6, 6.07) is 22.1. The third kappa shape index (κ3) is 6.87. The highest BCUT2D eigenvalue weighted by Gasteiger charge is 2.34. The first kappa shape index (κ1) is 31.5. The molecule has 0 saturated heterocycles. The van der Waals surface area contributed by atoms with Crippen molar-refractivity contribution in [2.24, 2.45) is 5.92 Å². The number of anilines is 3. The van der Waals surface area contributed by atoms with Gasteiger partial charge in [0.25, 0.3) is 5.91 Å². The molecule has 0 aliphatic carbocycles. The lowest BCUT2D eigenvalue weighted by molar-refractivity contribution is 0.0371. The van der Waals surface area contributed by atoms with E-state index in [1.807, 2.05) is 49.4 Å². The average Bonchev–Trinajstić information content (AvgIpc) is 3.54. The fourth-order valence-electron chi connectivity index (χ4n) is 5.68. The smallest absolute Gasteiger partial charge is 0.323 e. The molecular formula is C35H37N5O7. The lowest BCUT2D eigenvalue weighted by Crippen LogP contribution is -2.50. The van der Waals surface area contributed by atoms with Crippen LogP contribution in [0.1, 0.15) is 24.2 Å². The number of hydrogen-bond donors (Lipinski definition) is 4. The zero-order valence-corrected chi connectivity index (χ0v) is 26.4. The summed E-state index contributed by atoms with van der Waals surface area (Å²) >= 11 is 0. The number of ether oxygens (including phenoxy) is 3. The molecule has 2 heterocycles. The molecule has 0 bridgehead atoms. The Morgan fingerprint density at radius 2 is 1.66 bits per heavy atom. The molecule has 0 spiro atoms. The fourth-order valence-corrected chi connectivity index (χ4v) is 5.68. The summed E-state index contributed by atoms with van der Waals surface area (Å²) in [7, 11) is 1.67. The highest BCUT2D eigenvalue weighted by Crippen LogP contribution is 2.35. The van der Waals surface area contributed by atoms with Crippen LogP contribution in [0.5, 0.6) is 17.2 Å². The van der Waals surface area contributed by atoms with Crippen molar-refractivity contribution in [2.75, 3.05) is 49.5 Å². The maximum atomic E-state index is 13.8. The molecule has 5 amide bonds. The van der Waals surface area contributed by atoms with Gasteiger partial charge in [-0.2, -0.15) is 0 Å². The second-order valence-electron chi connectivity index (χ2n) is 11.8. The summed E-state index contributed by atoms with van der Waals surface area (Å²) in [6.07, 6.45) is -0.504. The van der Waals surface area contributed by atoms with Gasteiger partial charge < -0.3 is 45.1 Å². The van der Waals surface area contributed by atoms with Crippen LogP contribution in [0.2, 0.25) is 0 Å². The molecule has 47 heavy (non-hydrogen) atoms. The Balaban J connectivity index is 1.20. The highest BCUT2D eigenvalue weighted by molar-refractivity contribution is 6.07. The molecular weight excluding hydrogens is 602 g/mol. The molecule has 0 unspecified atom stereocenters. The maximum Gasteiger partial charge on any atom is 0.323 e. The van der Waals surface area contributed by atoms with Gasteiger partial charge in [-0.1, -0.05) is 43.3 Å². The Labute approximate surface area is 272 Å². The first-order valence-corrected chi connectivity index (χ1v) is 15.4. The van der Waals surface area contributed by atoms with Gasteiger partial charge in [-0.05, 0) is 48.7 Å². The van der Waals surface area contributed by atoms with Crippen LogP contribution in [0.3, 0.4) is 0 Å². The number of carbonyl (C=O) groups excluding carboxylic acids is 3. The molecule has 2 aliphatic heterocycles. The Hall–Kier alpha value is -5.49. The molecule has 6 rings (SSSR count). The van der Waals surface area contributed by atoms with Crippen molar-refractivity contribution in [1.29, 1.82) is 0 Å². The molecule has 4 N–H and O–H groups in total. The lowest BCUT2D eigenvalue weighted by atomic mass is 9.99. The third-order valence-electron chi connectivity index (χ3n) is 8.38. The van der Waals surface area contributed by atoms with Gasteiger partial charge in [-0.3, -0.25) is 4.79 Å². The number of nitrogens with one attached hydrogen (secondary N) is 3. The number of benzene rings is 4. The topological polar surface area (TPSA) is 142 Å². The zero-order valence-electron chi connectivity index (χ0n) is 26.4. The van der Waals surface area contributed by atoms with Crippen LogP contribution in [-0.4, -0.2) is 78.6 Å². The molecule has 0 saturated carbocycles. The Morgan fingerprint density at radius 3 is 2.47 bits per heavy atom. The van der Waals surface area contributed by atoms with Crippen molar-refractivity contribution < 1.29 is 33.7 Å². The molecule has 0 aromatic heterocycles. The SMILES string of the molecule is C[C@@H]1CN([C@H](C)CO)C(=O)c2cc(NC(=O)Nc3cccc4ccccc34)ccc2O[C@@H]1CN(C)C(=O)Nc1ccc2c(c1)OCO2. The minimum Gasteiger partial charge on any atom is -0.487 e. The standard InChI is InChI=1S/C35H37N5O7/c1-21-17-40(22(2)19-41)33(42)27-15-24(36-34(43)38-28-10-6-8-23-7-4-5-9-26(23)28)11-13-29(27)47-32(21)18-39(3)35(44)37-25-12-14-30-31(16-25)46-20-45-30/h4-16,21-22,32,41H,17-20H2,1-3H3,(H,37,44)(H2,36,38,43)/t21-,22-,32-/m1/s1. The predicted octanol–water partition coefficient (Wildman–Crippen LogP) is 5.60. The summed E-state index contributed by atoms with van der Waals surface area (Å²) in [5.41, 5.74) is 1.83. The van der Waals surface area contributed by atoms with Gasteiger partial charge in [0.15, 0.2) is 11.5 Å². The summed E-state index contributed by atoms with van der Waals surface area (Å²) in [5, 5.41) is 20.5. The van der Waals surface area contributed by atoms with Crippen LogP contribution in [0.25, 0.3) is 10.8 Å². The second-order valence-corrected chi connectivity index (χ2v) is 11.8. The van der Waals surface area contributed by atoms with E-state index in [0.717, 1.165) is 10.8 Å². The van der Waals surface area contributed by atoms with Crippen molar-refractivity contribution in [2.45, 2.75) is 26.0 Å². The maximum absolute atomic E-state index is 13.8. The Kier molecular flexibility index (Phi) is 9.03. The third-order valence-corrected chi connectivity index (χ3v) is 8.38. The van der Waals surface area contributed by atoms with Crippen molar-refractivity contribution >= 4 is 45.8 Å². The van der Waals surface area contributed by atoms with E-state index in [-0.39, 0.29) is 49.9 Å². The van der Waals surface area contributed by atoms with E-state index in [1.165, 1.54) is 4.90 Å². The number of rotatable bonds is 7. The second kappa shape index (κ2) is 13.5. The van der Waals surface area contributed by atoms with Crippen molar-refractivity contribution in [3.63, 3.8) is 0 Å². The number of fused-ring (bicyclic) bond motifs is 3. The molecule has 0 fully saturated rings. The van der Waals surface area contributed by atoms with Gasteiger partial charge in [0, 0.05) is 42.3 Å². The first-order chi connectivity index (χ1) is 22.7. The molecule has 0 radical (unpaired) electrons. The summed E-state index contributed by atoms with van der Waals surface area (Å²) in [4.78, 5) is 43.2. The normalized spacial score (nSPS) is 17.5. The first-order valence-electron chi connectivity index (χ1n) is 15.4. The van der Waals surface area contributed by atoms with E-state index >= 15 is 0 Å². The van der Waals surface area contributed by atoms with E-state index in [1.54, 1.807) is 55.3 Å². The highest BCUT2D eigenvalue weighted by atomic mass is 16.7. The van der Waals surface area contributed by atoms with E-state index in [4.69, 9.17) is 14.2 Å². The Bertz CT molecular complexity index is 1810. The van der Waals surface area contributed by atoms with E-state index in [0.29, 0.717) is 34.3 Å². The molecule has 4 aromatic carbocycles. The van der Waals surface area contributed by atoms with Crippen molar-refractivity contribution in [3.05, 3.63) is 84.4 Å². The number of urea groups is 2. The van der Waals surface area contributed by atoms with Crippen molar-refractivity contribution in [3.8, 4) is 17.2 Å². The van der Waals surface area contributed by atoms with Gasteiger partial charge >= 0.3 is 12.1 Å². The van der Waals surface area contributed by atoms with Gasteiger partial charge in [0.1, 0.15) is 11.9 Å². The minimum atomic E-state index is -0.504. The van der Waals surface area contributed by atoms with Crippen molar-refractivity contribution in [1.82, 2.24) is 9.80 Å². The van der Waals surface area contributed by atoms with E-state index < -0.39 is 18.2 Å². The largest absolute Gasteiger partial charge is 0.487 e. The molecule has 2 aliphatic rings. The van der Waals surface area contributed by atoms with Gasteiger partial charge in [-0.25, -0.2) is 9.59 Å². The van der Waals surface area contributed by atoms with Crippen LogP contribution >= 0.6 is 0 Å². The molecule has 3 atom stereocenters. The average molecular weight is 640 g/mol. The summed E-state index contributed by atoms with van der Waals surface area (Å²) in [6.45, 7) is 4.10. The van der Waals surface area contributed by atoms with Crippen LogP contribution in [0.15, 0.2) is 78.9 Å². The monoisotopic (exact) mass is 639 g/mol. The molecule has 12 nitrogen and oxygen atoms in total. The summed E-state index contributed by atoms with van der Waals surface area (Å²) in [5.74, 6) is 0.949. The van der Waals surface area contributed by atoms with Crippen LogP contribution in [0, 0.1) is 5.92 Å². The van der Waals surface area contributed by atoms with Gasteiger partial charge in [0.05, 0.1) is 30.4 Å². The number of amides is 5. The van der Waals surface area contributed by atoms with Crippen LogP contribution < -0.4 is 30.2 Å². The number of nitrogens with zero attached hydrogens (tertiary/aromatic N) is 2. The van der Waals surface area contributed by atoms with Gasteiger partial charge in [0.2, 0.25) is 6.79 Å². The van der Waals surface area contributed by atoms with Crippen LogP contribution in [0.4, 0.5) is 26.7 Å². The number of hydrogen-bond acceptors (Lipinski definition) is 7. The number of aliphatic hydroxyl groups excluding tert-OH is 1. The number of likely N-dealkylation sites (N-methyl/N-ethyl adjacent to an activating group) is 1. The Morgan fingerprint density at radius 1 is 0.936 bits per heavy atom. The fraction of sp³-hybridized carbons (Fsp3) is 0.286. The lowest BCUT2D eigenvalue weighted by Gasteiger charge is -2.38. The van der Waals surface area contributed by atoms with Crippen LogP contribution in [-0.2, 0) is 0 Å².